The molecule has 1 aliphatic heterocycles. The number of carboxylic acids is 1. The van der Waals surface area contributed by atoms with Gasteiger partial charge in [0.25, 0.3) is 5.92 Å². The summed E-state index contributed by atoms with van der Waals surface area (Å²) < 4.78 is 42.0. The maximum Gasteiger partial charge on any atom is 0.334 e. The molecule has 0 aromatic heterocycles. The summed E-state index contributed by atoms with van der Waals surface area (Å²) in [6.45, 7) is 2.44. The predicted octanol–water partition coefficient (Wildman–Crippen LogP) is 5.72. The number of aryl methyl sites for hydroxylation is 1. The molecule has 0 fully saturated rings. The molecule has 1 N–H and O–H groups in total. The van der Waals surface area contributed by atoms with Gasteiger partial charge in [-0.05, 0) is 36.8 Å². The number of carboxylic acid groups (broad SMARTS) is 1. The highest BCUT2D eigenvalue weighted by atomic mass is 32.2. The first-order chi connectivity index (χ1) is 14.3. The van der Waals surface area contributed by atoms with Gasteiger partial charge in [0, 0.05) is 30.5 Å². The van der Waals surface area contributed by atoms with Crippen molar-refractivity contribution in [1.29, 1.82) is 0 Å². The van der Waals surface area contributed by atoms with Crippen LogP contribution in [0.5, 0.6) is 0 Å². The Kier molecular flexibility index (Phi) is 6.92. The van der Waals surface area contributed by atoms with Crippen molar-refractivity contribution in [2.45, 2.75) is 31.2 Å². The third-order valence-corrected chi connectivity index (χ3v) is 6.05. The molecule has 1 atom stereocenters. The number of carbonyl (C=O) groups is 1. The highest BCUT2D eigenvalue weighted by Gasteiger charge is 2.33. The van der Waals surface area contributed by atoms with E-state index in [1.54, 1.807) is 12.3 Å². The van der Waals surface area contributed by atoms with Crippen molar-refractivity contribution in [1.82, 2.24) is 4.90 Å². The molecule has 2 aromatic rings. The van der Waals surface area contributed by atoms with Gasteiger partial charge < -0.3 is 10.0 Å². The van der Waals surface area contributed by atoms with Crippen molar-refractivity contribution in [3.63, 3.8) is 0 Å². The Morgan fingerprint density at radius 1 is 1.20 bits per heavy atom. The van der Waals surface area contributed by atoms with Crippen LogP contribution in [0, 0.1) is 12.7 Å². The molecule has 0 saturated heterocycles. The quantitative estimate of drug-likeness (QED) is 0.578. The van der Waals surface area contributed by atoms with Gasteiger partial charge in [-0.3, -0.25) is 0 Å². The molecule has 1 aliphatic rings. The normalized spacial score (nSPS) is 16.5. The summed E-state index contributed by atoms with van der Waals surface area (Å²) in [5.74, 6) is -4.73. The molecule has 158 valence electrons. The fourth-order valence-electron chi connectivity index (χ4n) is 3.25. The van der Waals surface area contributed by atoms with Gasteiger partial charge in [-0.25, -0.2) is 18.0 Å². The first-order valence-electron chi connectivity index (χ1n) is 9.45. The molecule has 30 heavy (non-hydrogen) atoms. The van der Waals surface area contributed by atoms with Gasteiger partial charge in [-0.1, -0.05) is 42.0 Å². The van der Waals surface area contributed by atoms with Crippen LogP contribution in [0.4, 0.5) is 13.2 Å². The second-order valence-corrected chi connectivity index (χ2v) is 8.30. The maximum atomic E-state index is 14.5. The third-order valence-electron chi connectivity index (χ3n) is 4.77. The van der Waals surface area contributed by atoms with Crippen LogP contribution in [0.15, 0.2) is 72.5 Å². The summed E-state index contributed by atoms with van der Waals surface area (Å²) in [4.78, 5) is 13.6. The first kappa shape index (κ1) is 22.0. The number of halogens is 3. The predicted molar refractivity (Wildman–Crippen MR) is 113 cm³/mol. The van der Waals surface area contributed by atoms with E-state index in [9.17, 15) is 23.1 Å². The molecule has 1 heterocycles. The third kappa shape index (κ3) is 5.48. The van der Waals surface area contributed by atoms with Crippen LogP contribution in [0.2, 0.25) is 0 Å². The van der Waals surface area contributed by atoms with Crippen LogP contribution in [0.25, 0.3) is 0 Å². The van der Waals surface area contributed by atoms with Gasteiger partial charge in [-0.2, -0.15) is 0 Å². The Labute approximate surface area is 177 Å². The Hall–Kier alpha value is -2.67. The minimum absolute atomic E-state index is 0.0395. The van der Waals surface area contributed by atoms with E-state index >= 15 is 0 Å². The zero-order valence-corrected chi connectivity index (χ0v) is 17.2. The van der Waals surface area contributed by atoms with Gasteiger partial charge >= 0.3 is 5.97 Å². The number of hydrogen-bond acceptors (Lipinski definition) is 3. The molecule has 0 aliphatic carbocycles. The molecule has 0 amide bonds. The number of hydrogen-bond donors (Lipinski definition) is 1. The minimum atomic E-state index is -3.13. The van der Waals surface area contributed by atoms with E-state index in [-0.39, 0.29) is 16.9 Å². The van der Waals surface area contributed by atoms with Crippen LogP contribution in [-0.4, -0.2) is 27.1 Å². The van der Waals surface area contributed by atoms with Gasteiger partial charge in [0.15, 0.2) is 0 Å². The fourth-order valence-corrected chi connectivity index (χ4v) is 4.55. The molecule has 0 radical (unpaired) electrons. The lowest BCUT2D eigenvalue weighted by Gasteiger charge is -2.33. The van der Waals surface area contributed by atoms with Gasteiger partial charge in [0.05, 0.1) is 5.57 Å². The smallest absolute Gasteiger partial charge is 0.334 e. The van der Waals surface area contributed by atoms with E-state index in [0.29, 0.717) is 6.54 Å². The van der Waals surface area contributed by atoms with E-state index in [1.807, 2.05) is 36.1 Å². The lowest BCUT2D eigenvalue weighted by molar-refractivity contribution is -0.133. The lowest BCUT2D eigenvalue weighted by Crippen LogP contribution is -2.34. The molecule has 1 unspecified atom stereocenters. The van der Waals surface area contributed by atoms with E-state index in [4.69, 9.17) is 0 Å². The van der Waals surface area contributed by atoms with Gasteiger partial charge in [-0.15, -0.1) is 11.8 Å². The van der Waals surface area contributed by atoms with Crippen molar-refractivity contribution in [2.75, 3.05) is 5.75 Å². The van der Waals surface area contributed by atoms with Crippen molar-refractivity contribution in [2.24, 2.45) is 0 Å². The molecule has 0 spiro atoms. The zero-order chi connectivity index (χ0) is 21.7. The van der Waals surface area contributed by atoms with Crippen LogP contribution in [-0.2, 0) is 17.3 Å². The molecule has 3 rings (SSSR count). The molecule has 0 bridgehead atoms. The van der Waals surface area contributed by atoms with Crippen molar-refractivity contribution in [3.8, 4) is 0 Å². The second-order valence-electron chi connectivity index (χ2n) is 7.11. The highest BCUT2D eigenvalue weighted by molar-refractivity contribution is 8.00. The van der Waals surface area contributed by atoms with E-state index in [1.165, 1.54) is 6.08 Å². The second kappa shape index (κ2) is 9.43. The van der Waals surface area contributed by atoms with Crippen molar-refractivity contribution in [3.05, 3.63) is 95.0 Å². The standard InChI is InChI=1S/C23H22F3NO2S/c1-16-4-2-5-17(14-16)15-27-12-3-6-20(22(28)29)21(27)30-13-11-23(25,26)18-7-9-19(24)10-8-18/h2-10,12,14,21H,11,13,15H2,1H3,(H,28,29). The van der Waals surface area contributed by atoms with Crippen LogP contribution in [0.3, 0.4) is 0 Å². The summed E-state index contributed by atoms with van der Waals surface area (Å²) in [7, 11) is 0. The largest absolute Gasteiger partial charge is 0.478 e. The fraction of sp³-hybridized carbons (Fsp3) is 0.261. The van der Waals surface area contributed by atoms with Gasteiger partial charge in [0.1, 0.15) is 11.2 Å². The summed E-state index contributed by atoms with van der Waals surface area (Å²) in [5, 5.41) is 8.99. The van der Waals surface area contributed by atoms with Crippen molar-refractivity contribution >= 4 is 17.7 Å². The molecule has 3 nitrogen and oxygen atoms in total. The highest BCUT2D eigenvalue weighted by Crippen LogP contribution is 2.36. The number of benzene rings is 2. The van der Waals surface area contributed by atoms with Crippen LogP contribution in [0.1, 0.15) is 23.1 Å². The van der Waals surface area contributed by atoms with Crippen LogP contribution < -0.4 is 0 Å². The topological polar surface area (TPSA) is 40.5 Å². The maximum absolute atomic E-state index is 14.5. The number of aliphatic carboxylic acids is 1. The molecular formula is C23H22F3NO2S. The zero-order valence-electron chi connectivity index (χ0n) is 16.4. The summed E-state index contributed by atoms with van der Waals surface area (Å²) >= 11 is 1.16. The number of alkyl halides is 2. The average Bonchev–Trinajstić information content (AvgIpc) is 2.69. The monoisotopic (exact) mass is 433 g/mol. The molecule has 7 heteroatoms. The summed E-state index contributed by atoms with van der Waals surface area (Å²) in [5.41, 5.74) is 2.00. The SMILES string of the molecule is Cc1cccc(CN2C=CC=C(C(=O)O)C2SCCC(F)(F)c2ccc(F)cc2)c1. The number of nitrogens with zero attached hydrogens (tertiary/aromatic N) is 1. The average molecular weight is 433 g/mol. The van der Waals surface area contributed by atoms with E-state index < -0.39 is 29.5 Å². The Morgan fingerprint density at radius 3 is 2.60 bits per heavy atom. The summed E-state index contributed by atoms with van der Waals surface area (Å²) in [6, 6.07) is 12.0. The van der Waals surface area contributed by atoms with Gasteiger partial charge in [0.2, 0.25) is 0 Å². The van der Waals surface area contributed by atoms with E-state index in [2.05, 4.69) is 0 Å². The molecular weight excluding hydrogens is 411 g/mol. The Morgan fingerprint density at radius 2 is 1.93 bits per heavy atom. The summed E-state index contributed by atoms with van der Waals surface area (Å²) in [6.07, 6.45) is 4.47. The van der Waals surface area contributed by atoms with Crippen molar-refractivity contribution < 1.29 is 23.1 Å². The van der Waals surface area contributed by atoms with E-state index in [0.717, 1.165) is 47.2 Å². The Bertz CT molecular complexity index is 957. The minimum Gasteiger partial charge on any atom is -0.478 e. The lowest BCUT2D eigenvalue weighted by atomic mass is 10.1. The number of rotatable bonds is 8. The Balaban J connectivity index is 1.70. The molecule has 0 saturated carbocycles. The first-order valence-corrected chi connectivity index (χ1v) is 10.5. The number of allylic oxidation sites excluding steroid dienone is 2. The molecule has 2 aromatic carbocycles. The van der Waals surface area contributed by atoms with Crippen LogP contribution >= 0.6 is 11.8 Å². The number of thioether (sulfide) groups is 1.